The smallest absolute Gasteiger partial charge is 0.163 e. The van der Waals surface area contributed by atoms with Gasteiger partial charge in [-0.2, -0.15) is 0 Å². The molecule has 0 aromatic heterocycles. The molecule has 0 radical (unpaired) electrons. The Morgan fingerprint density at radius 3 is 0.984 bits per heavy atom. The summed E-state index contributed by atoms with van der Waals surface area (Å²) in [6.45, 7) is 6.61. The quantitative estimate of drug-likeness (QED) is 0.210. The highest BCUT2D eigenvalue weighted by atomic mass is 16.6. The first-order chi connectivity index (χ1) is 30.6. The summed E-state index contributed by atoms with van der Waals surface area (Å²) in [4.78, 5) is 24.5. The fraction of sp³-hybridized carbons (Fsp3) is 0.458. The number of ether oxygens (including phenoxy) is 12. The van der Waals surface area contributed by atoms with Gasteiger partial charge in [0.05, 0.1) is 79.3 Å². The minimum absolute atomic E-state index is 0.151. The molecule has 7 rings (SSSR count). The first kappa shape index (κ1) is 44.8. The molecule has 2 aliphatic carbocycles. The molecule has 1 aliphatic heterocycles. The number of carbonyl (C=O) groups excluding carboxylic acids is 2. The number of aryl methyl sites for hydroxylation is 2. The highest BCUT2D eigenvalue weighted by molar-refractivity contribution is 6.01. The Bertz CT molecular complexity index is 1840. The Morgan fingerprint density at radius 2 is 0.661 bits per heavy atom. The Kier molecular flexibility index (Phi) is 17.7. The maximum Gasteiger partial charge on any atom is 0.163 e. The number of Topliss-reactive ketones (excluding diaryl/α,β-unsaturated/α-hetero) is 2. The van der Waals surface area contributed by atoms with Crippen LogP contribution in [-0.4, -0.2) is 117 Å². The van der Waals surface area contributed by atoms with Gasteiger partial charge in [-0.1, -0.05) is 12.1 Å². The van der Waals surface area contributed by atoms with Gasteiger partial charge in [-0.3, -0.25) is 9.59 Å². The molecule has 0 fully saturated rings. The van der Waals surface area contributed by atoms with Crippen LogP contribution < -0.4 is 28.4 Å². The molecule has 0 amide bonds. The third-order valence-corrected chi connectivity index (χ3v) is 10.2. The summed E-state index contributed by atoms with van der Waals surface area (Å²) in [5, 5.41) is 0. The maximum absolute atomic E-state index is 12.2. The maximum atomic E-state index is 12.2. The summed E-state index contributed by atoms with van der Waals surface area (Å²) in [5.74, 6) is 4.05. The second-order valence-electron chi connectivity index (χ2n) is 14.8. The average molecular weight is 857 g/mol. The van der Waals surface area contributed by atoms with Crippen LogP contribution in [0.15, 0.2) is 72.8 Å². The van der Waals surface area contributed by atoms with Gasteiger partial charge < -0.3 is 56.8 Å². The third kappa shape index (κ3) is 14.4. The van der Waals surface area contributed by atoms with Crippen molar-refractivity contribution < 1.29 is 66.4 Å². The number of hydrogen-bond acceptors (Lipinski definition) is 14. The van der Waals surface area contributed by atoms with E-state index in [1.54, 1.807) is 0 Å². The normalized spacial score (nSPS) is 18.0. The molecule has 0 N–H and O–H groups in total. The molecule has 3 aliphatic rings. The van der Waals surface area contributed by atoms with E-state index in [2.05, 4.69) is 0 Å². The van der Waals surface area contributed by atoms with E-state index in [1.807, 2.05) is 72.8 Å². The summed E-state index contributed by atoms with van der Waals surface area (Å²) in [5.41, 5.74) is 5.31. The summed E-state index contributed by atoms with van der Waals surface area (Å²) in [6, 6.07) is 22.7. The van der Waals surface area contributed by atoms with Gasteiger partial charge >= 0.3 is 0 Å². The number of fused-ring (bicyclic) bond motifs is 6. The van der Waals surface area contributed by atoms with Crippen LogP contribution in [0.1, 0.15) is 55.8 Å². The monoisotopic (exact) mass is 856 g/mol. The van der Waals surface area contributed by atoms with E-state index >= 15 is 0 Å². The lowest BCUT2D eigenvalue weighted by molar-refractivity contribution is 0.00432. The van der Waals surface area contributed by atoms with Crippen LogP contribution in [0, 0.1) is 0 Å². The van der Waals surface area contributed by atoms with Crippen LogP contribution in [0.4, 0.5) is 0 Å². The van der Waals surface area contributed by atoms with Gasteiger partial charge in [-0.05, 0) is 83.6 Å². The van der Waals surface area contributed by atoms with Crippen LogP contribution in [0.25, 0.3) is 0 Å². The highest BCUT2D eigenvalue weighted by Gasteiger charge is 2.21. The standard InChI is InChI=1S/C48H56O14/c49-47-7-3-37-1-5-39(31-45(37)47)61-33-35-25-41-29-42(26-35)58-22-18-54-14-10-52-12-16-56-20-24-60-44-28-36(34-62-40-6-2-38-4-8-48(50)46(38)32-40)27-43(30-44)59-23-19-55-15-11-51-9-13-53-17-21-57-41/h1-2,5-6,25-32H,3-4,7-24,33-34H2. The number of benzene rings is 4. The molecule has 0 saturated heterocycles. The molecule has 4 bridgehead atoms. The van der Waals surface area contributed by atoms with Crippen molar-refractivity contribution in [3.05, 3.63) is 106 Å². The van der Waals surface area contributed by atoms with Crippen molar-refractivity contribution in [3.8, 4) is 34.5 Å². The Balaban J connectivity index is 0.869. The SMILES string of the molecule is O=C1CCc2ccc(OCc3cc4cc(c3)OCCOCCOCCOCCOc3cc(COc5ccc6c(c5)C(=O)CC6)cc(c3)OCCOCCOCCOCCO4)cc21. The van der Waals surface area contributed by atoms with Crippen LogP contribution >= 0.6 is 0 Å². The number of ketones is 2. The van der Waals surface area contributed by atoms with Gasteiger partial charge in [0.2, 0.25) is 0 Å². The molecule has 62 heavy (non-hydrogen) atoms. The zero-order valence-corrected chi connectivity index (χ0v) is 35.2. The molecular formula is C48H56O14. The molecule has 0 spiro atoms. The molecule has 14 nitrogen and oxygen atoms in total. The summed E-state index contributed by atoms with van der Waals surface area (Å²) in [7, 11) is 0. The molecule has 14 heteroatoms. The minimum Gasteiger partial charge on any atom is -0.491 e. The Morgan fingerprint density at radius 1 is 0.355 bits per heavy atom. The molecule has 0 saturated carbocycles. The van der Waals surface area contributed by atoms with Crippen molar-refractivity contribution in [2.24, 2.45) is 0 Å². The molecule has 0 unspecified atom stereocenters. The van der Waals surface area contributed by atoms with E-state index in [9.17, 15) is 9.59 Å². The third-order valence-electron chi connectivity index (χ3n) is 10.2. The minimum atomic E-state index is 0.151. The fourth-order valence-electron chi connectivity index (χ4n) is 7.06. The van der Waals surface area contributed by atoms with Crippen molar-refractivity contribution in [2.75, 3.05) is 106 Å². The van der Waals surface area contributed by atoms with E-state index in [0.29, 0.717) is 153 Å². The first-order valence-corrected chi connectivity index (χ1v) is 21.4. The van der Waals surface area contributed by atoms with Crippen LogP contribution in [-0.2, 0) is 54.5 Å². The largest absolute Gasteiger partial charge is 0.491 e. The Labute approximate surface area is 362 Å². The van der Waals surface area contributed by atoms with Crippen LogP contribution in [0.5, 0.6) is 34.5 Å². The van der Waals surface area contributed by atoms with Gasteiger partial charge in [0.25, 0.3) is 0 Å². The lowest BCUT2D eigenvalue weighted by Crippen LogP contribution is -2.15. The molecule has 4 aromatic rings. The second-order valence-corrected chi connectivity index (χ2v) is 14.8. The van der Waals surface area contributed by atoms with Crippen LogP contribution in [0.2, 0.25) is 0 Å². The lowest BCUT2D eigenvalue weighted by atomic mass is 10.1. The van der Waals surface area contributed by atoms with Gasteiger partial charge in [-0.25, -0.2) is 0 Å². The van der Waals surface area contributed by atoms with Crippen molar-refractivity contribution in [2.45, 2.75) is 38.9 Å². The van der Waals surface area contributed by atoms with Gasteiger partial charge in [-0.15, -0.1) is 0 Å². The van der Waals surface area contributed by atoms with E-state index in [4.69, 9.17) is 56.8 Å². The average Bonchev–Trinajstić information content (AvgIpc) is 3.85. The second kappa shape index (κ2) is 24.4. The van der Waals surface area contributed by atoms with Gasteiger partial charge in [0, 0.05) is 36.1 Å². The van der Waals surface area contributed by atoms with Gasteiger partial charge in [0.1, 0.15) is 74.1 Å². The lowest BCUT2D eigenvalue weighted by Gasteiger charge is -2.14. The molecule has 0 atom stereocenters. The zero-order valence-electron chi connectivity index (χ0n) is 35.2. The predicted octanol–water partition coefficient (Wildman–Crippen LogP) is 6.43. The molecule has 1 heterocycles. The van der Waals surface area contributed by atoms with E-state index in [1.165, 1.54) is 0 Å². The zero-order chi connectivity index (χ0) is 42.6. The van der Waals surface area contributed by atoms with Gasteiger partial charge in [0.15, 0.2) is 11.6 Å². The molecule has 4 aromatic carbocycles. The van der Waals surface area contributed by atoms with E-state index in [0.717, 1.165) is 46.2 Å². The van der Waals surface area contributed by atoms with Crippen molar-refractivity contribution in [3.63, 3.8) is 0 Å². The topological polar surface area (TPSA) is 145 Å². The molecular weight excluding hydrogens is 801 g/mol. The van der Waals surface area contributed by atoms with E-state index in [-0.39, 0.29) is 24.8 Å². The summed E-state index contributed by atoms with van der Waals surface area (Å²) in [6.07, 6.45) is 2.64. The number of hydrogen-bond donors (Lipinski definition) is 0. The summed E-state index contributed by atoms with van der Waals surface area (Å²) >= 11 is 0. The van der Waals surface area contributed by atoms with Crippen LogP contribution in [0.3, 0.4) is 0 Å². The van der Waals surface area contributed by atoms with Crippen molar-refractivity contribution >= 4 is 11.6 Å². The molecule has 332 valence electrons. The number of rotatable bonds is 6. The Hall–Kier alpha value is -5.22. The van der Waals surface area contributed by atoms with Crippen molar-refractivity contribution in [1.82, 2.24) is 0 Å². The van der Waals surface area contributed by atoms with E-state index < -0.39 is 0 Å². The van der Waals surface area contributed by atoms with Crippen molar-refractivity contribution in [1.29, 1.82) is 0 Å². The fourth-order valence-corrected chi connectivity index (χ4v) is 7.06. The predicted molar refractivity (Wildman–Crippen MR) is 227 cm³/mol. The highest BCUT2D eigenvalue weighted by Crippen LogP contribution is 2.30. The first-order valence-electron chi connectivity index (χ1n) is 21.4. The number of carbonyl (C=O) groups is 2. The summed E-state index contributed by atoms with van der Waals surface area (Å²) < 4.78 is 70.6.